The highest BCUT2D eigenvalue weighted by molar-refractivity contribution is 7.26. The molecule has 4 heteroatoms. The van der Waals surface area contributed by atoms with Crippen LogP contribution in [0.1, 0.15) is 11.1 Å². The van der Waals surface area contributed by atoms with Crippen LogP contribution in [0.3, 0.4) is 0 Å². The molecule has 48 heavy (non-hydrogen) atoms. The van der Waals surface area contributed by atoms with Crippen molar-refractivity contribution in [3.8, 4) is 56.6 Å². The molecule has 0 radical (unpaired) electrons. The van der Waals surface area contributed by atoms with Gasteiger partial charge in [-0.05, 0) is 99.1 Å². The predicted molar refractivity (Wildman–Crippen MR) is 203 cm³/mol. The minimum Gasteiger partial charge on any atom is -0.192 e. The third-order valence-corrected chi connectivity index (χ3v) is 11.5. The lowest BCUT2D eigenvalue weighted by Gasteiger charge is -2.12. The van der Waals surface area contributed by atoms with Gasteiger partial charge < -0.3 is 0 Å². The van der Waals surface area contributed by atoms with Gasteiger partial charge in [0.2, 0.25) is 0 Å². The lowest BCUT2D eigenvalue weighted by molar-refractivity contribution is 1.47. The zero-order valence-corrected chi connectivity index (χ0v) is 27.2. The van der Waals surface area contributed by atoms with E-state index in [1.807, 2.05) is 24.3 Å². The third kappa shape index (κ3) is 4.67. The summed E-state index contributed by atoms with van der Waals surface area (Å²) < 4.78 is 4.96. The van der Waals surface area contributed by atoms with Crippen molar-refractivity contribution in [3.63, 3.8) is 0 Å². The molecule has 0 saturated carbocycles. The molecule has 0 N–H and O–H groups in total. The van der Waals surface area contributed by atoms with Crippen LogP contribution in [0.25, 0.3) is 84.9 Å². The Morgan fingerprint density at radius 3 is 1.23 bits per heavy atom. The molecule has 0 aliphatic heterocycles. The summed E-state index contributed by atoms with van der Waals surface area (Å²) >= 11 is 3.59. The van der Waals surface area contributed by atoms with Gasteiger partial charge in [0.05, 0.1) is 23.3 Å². The van der Waals surface area contributed by atoms with Crippen molar-refractivity contribution in [2.75, 3.05) is 0 Å². The SMILES string of the molecule is N#Cc1cc(-c2cccc(-c3cc(C#N)cc(-c4cccc5c4sc4ccccc45)c3)c2)cc(-c2cccc3c2sc2ccccc23)c1. The molecular formula is C44H24N2S2. The molecule has 0 saturated heterocycles. The van der Waals surface area contributed by atoms with Gasteiger partial charge in [0.25, 0.3) is 0 Å². The number of rotatable bonds is 4. The zero-order valence-electron chi connectivity index (χ0n) is 25.6. The fourth-order valence-electron chi connectivity index (χ4n) is 6.86. The number of benzene rings is 7. The highest BCUT2D eigenvalue weighted by Gasteiger charge is 2.15. The van der Waals surface area contributed by atoms with Crippen molar-refractivity contribution in [1.82, 2.24) is 0 Å². The zero-order chi connectivity index (χ0) is 32.2. The van der Waals surface area contributed by atoms with Crippen molar-refractivity contribution in [2.24, 2.45) is 0 Å². The minimum atomic E-state index is 0.621. The monoisotopic (exact) mass is 644 g/mol. The van der Waals surface area contributed by atoms with E-state index in [2.05, 4.69) is 133 Å². The van der Waals surface area contributed by atoms with E-state index in [1.54, 1.807) is 22.7 Å². The van der Waals surface area contributed by atoms with E-state index in [0.29, 0.717) is 11.1 Å². The summed E-state index contributed by atoms with van der Waals surface area (Å²) in [5, 5.41) is 25.1. The normalized spacial score (nSPS) is 11.3. The Bertz CT molecular complexity index is 2630. The average molecular weight is 645 g/mol. The maximum atomic E-state index is 10.1. The Morgan fingerprint density at radius 2 is 0.750 bits per heavy atom. The molecule has 0 unspecified atom stereocenters. The van der Waals surface area contributed by atoms with Crippen LogP contribution in [0, 0.1) is 22.7 Å². The molecule has 9 aromatic rings. The van der Waals surface area contributed by atoms with Gasteiger partial charge in [-0.25, -0.2) is 0 Å². The van der Waals surface area contributed by atoms with E-state index in [4.69, 9.17) is 0 Å². The molecule has 0 amide bonds. The van der Waals surface area contributed by atoms with Gasteiger partial charge in [0, 0.05) is 40.3 Å². The van der Waals surface area contributed by atoms with Gasteiger partial charge in [-0.2, -0.15) is 10.5 Å². The summed E-state index contributed by atoms with van der Waals surface area (Å²) in [6.45, 7) is 0. The van der Waals surface area contributed by atoms with Crippen molar-refractivity contribution in [1.29, 1.82) is 10.5 Å². The number of fused-ring (bicyclic) bond motifs is 6. The first-order valence-electron chi connectivity index (χ1n) is 15.7. The summed E-state index contributed by atoms with van der Waals surface area (Å²) in [6.07, 6.45) is 0. The smallest absolute Gasteiger partial charge is 0.0992 e. The van der Waals surface area contributed by atoms with Gasteiger partial charge in [-0.15, -0.1) is 22.7 Å². The van der Waals surface area contributed by atoms with Crippen molar-refractivity contribution >= 4 is 63.0 Å². The summed E-state index contributed by atoms with van der Waals surface area (Å²) in [5.41, 5.74) is 9.55. The van der Waals surface area contributed by atoms with Crippen molar-refractivity contribution in [2.45, 2.75) is 0 Å². The summed E-state index contributed by atoms with van der Waals surface area (Å²) in [6, 6.07) is 55.4. The molecule has 0 aliphatic carbocycles. The van der Waals surface area contributed by atoms with E-state index in [-0.39, 0.29) is 0 Å². The fourth-order valence-corrected chi connectivity index (χ4v) is 9.33. The van der Waals surface area contributed by atoms with Gasteiger partial charge in [0.1, 0.15) is 0 Å². The summed E-state index contributed by atoms with van der Waals surface area (Å²) in [4.78, 5) is 0. The average Bonchev–Trinajstić information content (AvgIpc) is 3.73. The molecule has 0 fully saturated rings. The van der Waals surface area contributed by atoms with Crippen LogP contribution in [-0.2, 0) is 0 Å². The number of thiophene rings is 2. The second kappa shape index (κ2) is 11.3. The Kier molecular flexibility index (Phi) is 6.66. The number of nitrogens with zero attached hydrogens (tertiary/aromatic N) is 2. The largest absolute Gasteiger partial charge is 0.192 e. The van der Waals surface area contributed by atoms with Gasteiger partial charge in [0.15, 0.2) is 0 Å². The third-order valence-electron chi connectivity index (χ3n) is 9.08. The predicted octanol–water partition coefficient (Wildman–Crippen LogP) is 12.8. The highest BCUT2D eigenvalue weighted by atomic mass is 32.1. The van der Waals surface area contributed by atoms with Crippen LogP contribution in [0.5, 0.6) is 0 Å². The van der Waals surface area contributed by atoms with Crippen LogP contribution in [0.15, 0.2) is 146 Å². The van der Waals surface area contributed by atoms with E-state index in [1.165, 1.54) is 40.3 Å². The first-order chi connectivity index (χ1) is 23.7. The van der Waals surface area contributed by atoms with Crippen LogP contribution in [0.4, 0.5) is 0 Å². The van der Waals surface area contributed by atoms with E-state index < -0.39 is 0 Å². The number of hydrogen-bond acceptors (Lipinski definition) is 4. The quantitative estimate of drug-likeness (QED) is 0.191. The molecule has 7 aromatic carbocycles. The van der Waals surface area contributed by atoms with Crippen molar-refractivity contribution < 1.29 is 0 Å². The van der Waals surface area contributed by atoms with Crippen LogP contribution < -0.4 is 0 Å². The number of nitriles is 2. The van der Waals surface area contributed by atoms with E-state index in [0.717, 1.165) is 44.5 Å². The first-order valence-corrected chi connectivity index (χ1v) is 17.3. The topological polar surface area (TPSA) is 47.6 Å². The molecule has 0 atom stereocenters. The van der Waals surface area contributed by atoms with E-state index >= 15 is 0 Å². The Hall–Kier alpha value is -6.04. The maximum Gasteiger partial charge on any atom is 0.0992 e. The molecule has 2 aromatic heterocycles. The Labute approximate surface area is 285 Å². The second-order valence-electron chi connectivity index (χ2n) is 12.0. The molecule has 2 nitrogen and oxygen atoms in total. The number of hydrogen-bond donors (Lipinski definition) is 0. The molecular weight excluding hydrogens is 621 g/mol. The second-order valence-corrected chi connectivity index (χ2v) is 14.1. The molecule has 2 heterocycles. The standard InChI is InChI=1S/C44H24N2S2/c45-25-27-18-31(23-33(20-27)35-12-6-14-39-37-10-1-3-16-41(37)47-43(35)39)29-8-5-9-30(22-29)32-19-28(26-46)21-34(24-32)36-13-7-15-40-38-11-2-4-17-42(38)48-44(36)40/h1-24H. The van der Waals surface area contributed by atoms with Crippen LogP contribution >= 0.6 is 22.7 Å². The summed E-state index contributed by atoms with van der Waals surface area (Å²) in [5.74, 6) is 0. The van der Waals surface area contributed by atoms with Gasteiger partial charge >= 0.3 is 0 Å². The fraction of sp³-hybridized carbons (Fsp3) is 0. The Morgan fingerprint density at radius 1 is 0.354 bits per heavy atom. The molecule has 0 spiro atoms. The maximum absolute atomic E-state index is 10.1. The molecule has 9 rings (SSSR count). The minimum absolute atomic E-state index is 0.621. The van der Waals surface area contributed by atoms with E-state index in [9.17, 15) is 10.5 Å². The highest BCUT2D eigenvalue weighted by Crippen LogP contribution is 2.43. The molecule has 0 aliphatic rings. The molecule has 0 bridgehead atoms. The van der Waals surface area contributed by atoms with Crippen LogP contribution in [-0.4, -0.2) is 0 Å². The lowest BCUT2D eigenvalue weighted by Crippen LogP contribution is -1.88. The lowest BCUT2D eigenvalue weighted by atomic mass is 9.92. The molecule has 222 valence electrons. The van der Waals surface area contributed by atoms with Gasteiger partial charge in [-0.1, -0.05) is 91.0 Å². The first kappa shape index (κ1) is 28.2. The summed E-state index contributed by atoms with van der Waals surface area (Å²) in [7, 11) is 0. The Balaban J connectivity index is 1.17. The van der Waals surface area contributed by atoms with Crippen LogP contribution in [0.2, 0.25) is 0 Å². The van der Waals surface area contributed by atoms with Gasteiger partial charge in [-0.3, -0.25) is 0 Å². The van der Waals surface area contributed by atoms with Crippen molar-refractivity contribution in [3.05, 3.63) is 157 Å².